The molecule has 0 saturated carbocycles. The zero-order valence-corrected chi connectivity index (χ0v) is 17.3. The molecule has 30 heavy (non-hydrogen) atoms. The Kier molecular flexibility index (Phi) is 8.16. The van der Waals surface area contributed by atoms with Crippen molar-refractivity contribution >= 4 is 46.7 Å². The van der Waals surface area contributed by atoms with Crippen LogP contribution in [-0.2, 0) is 9.53 Å². The van der Waals surface area contributed by atoms with Crippen LogP contribution < -0.4 is 16.4 Å². The van der Waals surface area contributed by atoms with E-state index in [9.17, 15) is 14.7 Å². The Labute approximate surface area is 177 Å². The second-order valence-corrected chi connectivity index (χ2v) is 7.07. The predicted molar refractivity (Wildman–Crippen MR) is 111 cm³/mol. The normalized spacial score (nSPS) is 12.9. The van der Waals surface area contributed by atoms with E-state index in [0.29, 0.717) is 11.9 Å². The molecule has 0 spiro atoms. The van der Waals surface area contributed by atoms with Crippen LogP contribution in [0.25, 0.3) is 11.2 Å². The minimum Gasteiger partial charge on any atom is -0.479 e. The number of hydrogen-bond acceptors (Lipinski definition) is 7. The summed E-state index contributed by atoms with van der Waals surface area (Å²) in [6.07, 6.45) is 4.20. The number of aliphatic carboxylic acids is 1. The second-order valence-electron chi connectivity index (χ2n) is 6.44. The van der Waals surface area contributed by atoms with Crippen LogP contribution >= 0.6 is 11.6 Å². The molecule has 1 amide bonds. The van der Waals surface area contributed by atoms with E-state index in [2.05, 4.69) is 24.9 Å². The molecule has 0 aliphatic rings. The van der Waals surface area contributed by atoms with Gasteiger partial charge in [0.25, 0.3) is 0 Å². The van der Waals surface area contributed by atoms with E-state index in [-0.39, 0.29) is 43.5 Å². The van der Waals surface area contributed by atoms with E-state index in [0.717, 1.165) is 17.7 Å². The van der Waals surface area contributed by atoms with Gasteiger partial charge in [-0.25, -0.2) is 24.5 Å². The highest BCUT2D eigenvalue weighted by atomic mass is 35.5. The van der Waals surface area contributed by atoms with Crippen LogP contribution in [0, 0.1) is 0 Å². The van der Waals surface area contributed by atoms with Gasteiger partial charge in [-0.3, -0.25) is 4.99 Å². The van der Waals surface area contributed by atoms with Gasteiger partial charge in [-0.05, 0) is 19.3 Å². The molecule has 0 aromatic carbocycles. The third-order valence-corrected chi connectivity index (χ3v) is 4.68. The average Bonchev–Trinajstić information content (AvgIpc) is 3.16. The summed E-state index contributed by atoms with van der Waals surface area (Å²) in [6, 6.07) is 0. The number of carbonyl (C=O) groups excluding carboxylic acids is 1. The Morgan fingerprint density at radius 3 is 2.77 bits per heavy atom. The highest BCUT2D eigenvalue weighted by Crippen LogP contribution is 2.32. The lowest BCUT2D eigenvalue weighted by atomic mass is 10.1. The number of H-pyrrole nitrogens is 1. The number of aromatic amines is 1. The predicted octanol–water partition coefficient (Wildman–Crippen LogP) is 1.56. The van der Waals surface area contributed by atoms with Crippen molar-refractivity contribution in [1.82, 2.24) is 19.9 Å². The van der Waals surface area contributed by atoms with Gasteiger partial charge in [-0.15, -0.1) is 0 Å². The van der Waals surface area contributed by atoms with Gasteiger partial charge in [0, 0.05) is 6.54 Å². The van der Waals surface area contributed by atoms with E-state index in [1.807, 2.05) is 6.92 Å². The van der Waals surface area contributed by atoms with Crippen LogP contribution in [-0.4, -0.2) is 61.2 Å². The molecule has 12 nitrogen and oxygen atoms in total. The lowest BCUT2D eigenvalue weighted by Crippen LogP contribution is -2.54. The van der Waals surface area contributed by atoms with Crippen LogP contribution in [0.3, 0.4) is 0 Å². The van der Waals surface area contributed by atoms with Gasteiger partial charge < -0.3 is 26.3 Å². The maximum Gasteiger partial charge on any atom is 0.418 e. The first-order valence-corrected chi connectivity index (χ1v) is 9.78. The van der Waals surface area contributed by atoms with E-state index in [1.54, 1.807) is 0 Å². The highest BCUT2D eigenvalue weighted by molar-refractivity contribution is 6.37. The molecule has 13 heteroatoms. The van der Waals surface area contributed by atoms with Crippen LogP contribution in [0.4, 0.5) is 10.7 Å². The number of aromatic nitrogens is 4. The molecule has 2 heterocycles. The fourth-order valence-electron chi connectivity index (χ4n) is 2.63. The zero-order chi connectivity index (χ0) is 22.1. The lowest BCUT2D eigenvalue weighted by Gasteiger charge is -2.33. The van der Waals surface area contributed by atoms with Gasteiger partial charge in [0.1, 0.15) is 5.52 Å². The first-order chi connectivity index (χ1) is 14.3. The molecule has 164 valence electrons. The van der Waals surface area contributed by atoms with Crippen molar-refractivity contribution in [3.63, 3.8) is 0 Å². The number of halogens is 1. The Morgan fingerprint density at radius 2 is 2.10 bits per heavy atom. The second kappa shape index (κ2) is 10.6. The number of guanidine groups is 1. The number of nitrogens with one attached hydrogen (secondary N) is 1. The summed E-state index contributed by atoms with van der Waals surface area (Å²) < 4.78 is 5.26. The number of nitrogens with zero attached hydrogens (tertiary/aromatic N) is 5. The number of carboxylic acids is 1. The quantitative estimate of drug-likeness (QED) is 0.132. The first-order valence-electron chi connectivity index (χ1n) is 9.40. The fraction of sp³-hybridized carbons (Fsp3) is 0.529. The molecule has 6 N–H and O–H groups in total. The van der Waals surface area contributed by atoms with Gasteiger partial charge in [0.2, 0.25) is 10.9 Å². The molecule has 0 saturated heterocycles. The average molecular weight is 441 g/mol. The molecule has 0 fully saturated rings. The number of amides is 1. The number of nitrogens with two attached hydrogens (primary N) is 2. The number of alkyl halides is 1. The van der Waals surface area contributed by atoms with Gasteiger partial charge >= 0.3 is 12.1 Å². The standard InChI is InChI=1S/C17H25ClN8O4/c1-2-3-4-8-30-16(29)26(15-22-9-11-12(25-15)24-10-23-11)17(18,13(27)28)6-5-7-21-14(19)20/h9-10H,2-8H2,1H3,(H,27,28)(H4,19,20,21)(H,22,23,24,25)/t17-/m1/s1. The Bertz CT molecular complexity index is 901. The van der Waals surface area contributed by atoms with Crippen molar-refractivity contribution in [2.75, 3.05) is 18.1 Å². The zero-order valence-electron chi connectivity index (χ0n) is 16.5. The number of imidazole rings is 1. The Hall–Kier alpha value is -3.15. The fourth-order valence-corrected chi connectivity index (χ4v) is 2.91. The smallest absolute Gasteiger partial charge is 0.418 e. The van der Waals surface area contributed by atoms with E-state index in [1.165, 1.54) is 12.5 Å². The van der Waals surface area contributed by atoms with Crippen LogP contribution in [0.15, 0.2) is 17.5 Å². The molecule has 2 aromatic rings. The third kappa shape index (κ3) is 5.69. The van der Waals surface area contributed by atoms with Crippen LogP contribution in [0.1, 0.15) is 39.0 Å². The van der Waals surface area contributed by atoms with Crippen molar-refractivity contribution < 1.29 is 19.4 Å². The van der Waals surface area contributed by atoms with E-state index in [4.69, 9.17) is 27.8 Å². The molecule has 0 aliphatic carbocycles. The number of fused-ring (bicyclic) bond motifs is 1. The van der Waals surface area contributed by atoms with Crippen molar-refractivity contribution in [3.05, 3.63) is 12.5 Å². The van der Waals surface area contributed by atoms with Gasteiger partial charge in [-0.1, -0.05) is 31.4 Å². The highest BCUT2D eigenvalue weighted by Gasteiger charge is 2.48. The number of aliphatic imine (C=N–C) groups is 1. The summed E-state index contributed by atoms with van der Waals surface area (Å²) >= 11 is 6.46. The van der Waals surface area contributed by atoms with Crippen LogP contribution in [0.5, 0.6) is 0 Å². The molecule has 2 rings (SSSR count). The molecule has 0 unspecified atom stereocenters. The minimum atomic E-state index is -2.22. The number of ether oxygens (including phenoxy) is 1. The SMILES string of the molecule is CCCCCOC(=O)N(c1ncc2[nH]cnc2n1)[C@](Cl)(CCCN=C(N)N)C(=O)O. The van der Waals surface area contributed by atoms with Crippen molar-refractivity contribution in [2.45, 2.75) is 44.0 Å². The number of rotatable bonds is 11. The summed E-state index contributed by atoms with van der Waals surface area (Å²) in [7, 11) is 0. The number of hydrogen-bond donors (Lipinski definition) is 4. The topological polar surface area (TPSA) is 186 Å². The summed E-state index contributed by atoms with van der Waals surface area (Å²) in [5, 5.41) is 9.86. The molecule has 0 aliphatic heterocycles. The molecule has 2 aromatic heterocycles. The Morgan fingerprint density at radius 1 is 1.33 bits per heavy atom. The maximum atomic E-state index is 12.9. The maximum absolute atomic E-state index is 12.9. The largest absolute Gasteiger partial charge is 0.479 e. The van der Waals surface area contributed by atoms with E-state index >= 15 is 0 Å². The van der Waals surface area contributed by atoms with Gasteiger partial charge in [-0.2, -0.15) is 4.98 Å². The van der Waals surface area contributed by atoms with Gasteiger partial charge in [0.05, 0.1) is 19.1 Å². The van der Waals surface area contributed by atoms with Crippen LogP contribution in [0.2, 0.25) is 0 Å². The summed E-state index contributed by atoms with van der Waals surface area (Å²) in [6.45, 7) is 2.24. The Balaban J connectivity index is 2.36. The van der Waals surface area contributed by atoms with E-state index < -0.39 is 17.1 Å². The third-order valence-electron chi connectivity index (χ3n) is 4.16. The summed E-state index contributed by atoms with van der Waals surface area (Å²) in [4.78, 5) is 42.4. The molecule has 0 bridgehead atoms. The molecular weight excluding hydrogens is 416 g/mol. The van der Waals surface area contributed by atoms with Crippen molar-refractivity contribution in [3.8, 4) is 0 Å². The summed E-state index contributed by atoms with van der Waals surface area (Å²) in [5.41, 5.74) is 11.3. The van der Waals surface area contributed by atoms with Crippen molar-refractivity contribution in [2.24, 2.45) is 16.5 Å². The van der Waals surface area contributed by atoms with Gasteiger partial charge in [0.15, 0.2) is 11.6 Å². The monoisotopic (exact) mass is 440 g/mol. The number of anilines is 1. The first kappa shape index (κ1) is 23.1. The number of carbonyl (C=O) groups is 2. The minimum absolute atomic E-state index is 0.106. The lowest BCUT2D eigenvalue weighted by molar-refractivity contribution is -0.140. The molecule has 1 atom stereocenters. The van der Waals surface area contributed by atoms with Crippen molar-refractivity contribution in [1.29, 1.82) is 0 Å². The summed E-state index contributed by atoms with van der Waals surface area (Å²) in [5.74, 6) is -1.84. The molecular formula is C17H25ClN8O4. The number of carboxylic acid groups (broad SMARTS) is 1. The molecule has 0 radical (unpaired) electrons. The number of unbranched alkanes of at least 4 members (excludes halogenated alkanes) is 2.